The van der Waals surface area contributed by atoms with Gasteiger partial charge in [0.05, 0.1) is 10.6 Å². The standard InChI is InChI=1S/C28H33ClN2O2S/c1-21(2)24-8-6-23(7-9-24)20-30-18-16-27(17-19-30)31(26-12-4-22(3)5-13-26)34(32,33)28-14-10-25(29)11-15-28/h4-15,21,27H,16-20H2,1-3H3. The number of benzene rings is 3. The van der Waals surface area contributed by atoms with E-state index in [0.29, 0.717) is 16.6 Å². The molecule has 4 rings (SSSR count). The fourth-order valence-electron chi connectivity index (χ4n) is 4.54. The molecule has 0 unspecified atom stereocenters. The molecule has 0 aromatic heterocycles. The normalized spacial score (nSPS) is 15.6. The number of sulfonamides is 1. The Balaban J connectivity index is 1.52. The van der Waals surface area contributed by atoms with E-state index >= 15 is 0 Å². The first-order chi connectivity index (χ1) is 16.2. The molecule has 1 fully saturated rings. The summed E-state index contributed by atoms with van der Waals surface area (Å²) in [5.41, 5.74) is 4.46. The highest BCUT2D eigenvalue weighted by Crippen LogP contribution is 2.31. The molecule has 1 aliphatic rings. The van der Waals surface area contributed by atoms with E-state index < -0.39 is 10.0 Å². The number of hydrogen-bond acceptors (Lipinski definition) is 3. The molecule has 0 bridgehead atoms. The number of hydrogen-bond donors (Lipinski definition) is 0. The van der Waals surface area contributed by atoms with Gasteiger partial charge in [0, 0.05) is 30.7 Å². The summed E-state index contributed by atoms with van der Waals surface area (Å²) in [7, 11) is -3.72. The smallest absolute Gasteiger partial charge is 0.264 e. The fraction of sp³-hybridized carbons (Fsp3) is 0.357. The van der Waals surface area contributed by atoms with E-state index in [1.807, 2.05) is 31.2 Å². The van der Waals surface area contributed by atoms with Crippen LogP contribution in [0.15, 0.2) is 77.7 Å². The maximum Gasteiger partial charge on any atom is 0.264 e. The van der Waals surface area contributed by atoms with Gasteiger partial charge < -0.3 is 0 Å². The van der Waals surface area contributed by atoms with E-state index in [9.17, 15) is 8.42 Å². The highest BCUT2D eigenvalue weighted by Gasteiger charge is 2.34. The Hall–Kier alpha value is -2.34. The van der Waals surface area contributed by atoms with Crippen molar-refractivity contribution in [2.75, 3.05) is 17.4 Å². The van der Waals surface area contributed by atoms with Crippen LogP contribution in [0.5, 0.6) is 0 Å². The average molecular weight is 497 g/mol. The highest BCUT2D eigenvalue weighted by molar-refractivity contribution is 7.92. The lowest BCUT2D eigenvalue weighted by Gasteiger charge is -2.39. The van der Waals surface area contributed by atoms with E-state index in [-0.39, 0.29) is 10.9 Å². The Kier molecular flexibility index (Phi) is 7.66. The van der Waals surface area contributed by atoms with E-state index in [1.54, 1.807) is 28.6 Å². The molecular weight excluding hydrogens is 464 g/mol. The van der Waals surface area contributed by atoms with E-state index in [4.69, 9.17) is 11.6 Å². The molecule has 180 valence electrons. The third kappa shape index (κ3) is 5.65. The zero-order valence-corrected chi connectivity index (χ0v) is 21.7. The van der Waals surface area contributed by atoms with Crippen molar-refractivity contribution in [1.29, 1.82) is 0 Å². The lowest BCUT2D eigenvalue weighted by atomic mass is 10.0. The predicted octanol–water partition coefficient (Wildman–Crippen LogP) is 6.63. The topological polar surface area (TPSA) is 40.6 Å². The van der Waals surface area contributed by atoms with Gasteiger partial charge in [0.2, 0.25) is 0 Å². The van der Waals surface area contributed by atoms with Gasteiger partial charge in [0.15, 0.2) is 0 Å². The van der Waals surface area contributed by atoms with Crippen LogP contribution >= 0.6 is 11.6 Å². The first kappa shape index (κ1) is 24.8. The van der Waals surface area contributed by atoms with Gasteiger partial charge in [0.25, 0.3) is 10.0 Å². The second kappa shape index (κ2) is 10.5. The van der Waals surface area contributed by atoms with Crippen molar-refractivity contribution in [1.82, 2.24) is 4.90 Å². The Morgan fingerprint density at radius 3 is 2.06 bits per heavy atom. The zero-order valence-electron chi connectivity index (χ0n) is 20.1. The third-order valence-electron chi connectivity index (χ3n) is 6.60. The summed E-state index contributed by atoms with van der Waals surface area (Å²) in [6, 6.07) is 23.0. The van der Waals surface area contributed by atoms with Crippen LogP contribution in [0.3, 0.4) is 0 Å². The minimum absolute atomic E-state index is 0.0945. The van der Waals surface area contributed by atoms with Crippen LogP contribution in [0, 0.1) is 6.92 Å². The fourth-order valence-corrected chi connectivity index (χ4v) is 6.37. The minimum atomic E-state index is -3.72. The number of nitrogens with zero attached hydrogens (tertiary/aromatic N) is 2. The van der Waals surface area contributed by atoms with Crippen molar-refractivity contribution in [2.24, 2.45) is 0 Å². The molecule has 1 heterocycles. The Labute approximate surface area is 209 Å². The van der Waals surface area contributed by atoms with Gasteiger partial charge in [-0.1, -0.05) is 67.4 Å². The molecule has 0 aliphatic carbocycles. The van der Waals surface area contributed by atoms with Gasteiger partial charge in [-0.2, -0.15) is 0 Å². The van der Waals surface area contributed by atoms with E-state index in [0.717, 1.165) is 38.0 Å². The van der Waals surface area contributed by atoms with Crippen molar-refractivity contribution < 1.29 is 8.42 Å². The summed E-state index contributed by atoms with van der Waals surface area (Å²) in [6.07, 6.45) is 1.57. The van der Waals surface area contributed by atoms with Crippen LogP contribution in [-0.4, -0.2) is 32.4 Å². The van der Waals surface area contributed by atoms with Gasteiger partial charge in [-0.15, -0.1) is 0 Å². The molecule has 0 N–H and O–H groups in total. The van der Waals surface area contributed by atoms with Crippen molar-refractivity contribution in [3.8, 4) is 0 Å². The van der Waals surface area contributed by atoms with Gasteiger partial charge in [-0.3, -0.25) is 9.21 Å². The van der Waals surface area contributed by atoms with Gasteiger partial charge in [-0.05, 0) is 73.2 Å². The van der Waals surface area contributed by atoms with Crippen LogP contribution in [0.25, 0.3) is 0 Å². The Morgan fingerprint density at radius 2 is 1.50 bits per heavy atom. The lowest BCUT2D eigenvalue weighted by molar-refractivity contribution is 0.206. The van der Waals surface area contributed by atoms with Crippen molar-refractivity contribution >= 4 is 27.3 Å². The van der Waals surface area contributed by atoms with Crippen molar-refractivity contribution in [2.45, 2.75) is 57.0 Å². The van der Waals surface area contributed by atoms with Crippen LogP contribution in [0.4, 0.5) is 5.69 Å². The molecule has 1 saturated heterocycles. The first-order valence-corrected chi connectivity index (χ1v) is 13.7. The molecule has 4 nitrogen and oxygen atoms in total. The van der Waals surface area contributed by atoms with E-state index in [1.165, 1.54) is 11.1 Å². The van der Waals surface area contributed by atoms with Crippen LogP contribution in [0.1, 0.15) is 49.3 Å². The number of anilines is 1. The third-order valence-corrected chi connectivity index (χ3v) is 8.75. The minimum Gasteiger partial charge on any atom is -0.299 e. The molecule has 1 aliphatic heterocycles. The number of piperidine rings is 1. The maximum atomic E-state index is 13.8. The average Bonchev–Trinajstić information content (AvgIpc) is 2.82. The predicted molar refractivity (Wildman–Crippen MR) is 141 cm³/mol. The number of rotatable bonds is 7. The second-order valence-electron chi connectivity index (χ2n) is 9.49. The van der Waals surface area contributed by atoms with Gasteiger partial charge in [-0.25, -0.2) is 8.42 Å². The molecular formula is C28H33ClN2O2S. The maximum absolute atomic E-state index is 13.8. The number of likely N-dealkylation sites (tertiary alicyclic amines) is 1. The summed E-state index contributed by atoms with van der Waals surface area (Å²) in [6.45, 7) is 9.02. The summed E-state index contributed by atoms with van der Waals surface area (Å²) < 4.78 is 29.1. The molecule has 0 radical (unpaired) electrons. The van der Waals surface area contributed by atoms with Crippen molar-refractivity contribution in [3.63, 3.8) is 0 Å². The SMILES string of the molecule is Cc1ccc(N(C2CCN(Cc3ccc(C(C)C)cc3)CC2)S(=O)(=O)c2ccc(Cl)cc2)cc1. The number of aryl methyl sites for hydroxylation is 1. The molecule has 0 amide bonds. The largest absolute Gasteiger partial charge is 0.299 e. The zero-order chi connectivity index (χ0) is 24.3. The lowest BCUT2D eigenvalue weighted by Crippen LogP contribution is -2.47. The summed E-state index contributed by atoms with van der Waals surface area (Å²) in [5, 5.41) is 0.524. The quantitative estimate of drug-likeness (QED) is 0.368. The number of halogens is 1. The van der Waals surface area contributed by atoms with Gasteiger partial charge in [0.1, 0.15) is 0 Å². The van der Waals surface area contributed by atoms with Crippen LogP contribution in [-0.2, 0) is 16.6 Å². The first-order valence-electron chi connectivity index (χ1n) is 11.9. The van der Waals surface area contributed by atoms with Crippen molar-refractivity contribution in [3.05, 3.63) is 94.5 Å². The molecule has 6 heteroatoms. The monoisotopic (exact) mass is 496 g/mol. The van der Waals surface area contributed by atoms with Crippen LogP contribution in [0.2, 0.25) is 5.02 Å². The summed E-state index contributed by atoms with van der Waals surface area (Å²) >= 11 is 6.02. The van der Waals surface area contributed by atoms with E-state index in [2.05, 4.69) is 43.0 Å². The molecule has 0 spiro atoms. The second-order valence-corrected chi connectivity index (χ2v) is 11.7. The molecule has 34 heavy (non-hydrogen) atoms. The highest BCUT2D eigenvalue weighted by atomic mass is 35.5. The summed E-state index contributed by atoms with van der Waals surface area (Å²) in [5.74, 6) is 0.528. The Bertz CT molecular complexity index is 1180. The van der Waals surface area contributed by atoms with Crippen LogP contribution < -0.4 is 4.31 Å². The summed E-state index contributed by atoms with van der Waals surface area (Å²) in [4.78, 5) is 2.69. The Morgan fingerprint density at radius 1 is 0.912 bits per heavy atom. The molecule has 0 saturated carbocycles. The molecule has 3 aromatic rings. The molecule has 3 aromatic carbocycles. The van der Waals surface area contributed by atoms with Gasteiger partial charge >= 0.3 is 0 Å². The molecule has 0 atom stereocenters.